The van der Waals surface area contributed by atoms with Gasteiger partial charge in [-0.25, -0.2) is 0 Å². The number of hydrogen-bond acceptors (Lipinski definition) is 4. The summed E-state index contributed by atoms with van der Waals surface area (Å²) in [7, 11) is 0. The average molecular weight is 310 g/mol. The van der Waals surface area contributed by atoms with Crippen molar-refractivity contribution < 1.29 is 19.1 Å². The summed E-state index contributed by atoms with van der Waals surface area (Å²) >= 11 is 6.30. The molecule has 0 aliphatic carbocycles. The summed E-state index contributed by atoms with van der Waals surface area (Å²) in [6, 6.07) is 5.62. The van der Waals surface area contributed by atoms with Crippen LogP contribution in [0.2, 0.25) is 5.02 Å². The largest absolute Gasteiger partial charge is 0.350 e. The van der Waals surface area contributed by atoms with E-state index in [2.05, 4.69) is 5.32 Å². The zero-order valence-corrected chi connectivity index (χ0v) is 12.2. The van der Waals surface area contributed by atoms with Gasteiger partial charge in [0.1, 0.15) is 0 Å². The molecule has 3 rings (SSSR count). The Hall–Kier alpha value is -1.43. The number of halogens is 1. The summed E-state index contributed by atoms with van der Waals surface area (Å²) in [5.74, 6) is -0.855. The molecule has 0 aromatic heterocycles. The SMILES string of the molecule is O=C1CCC(c2ccc(CC3OCCO3)cc2Cl)C(=O)N1. The number of piperidine rings is 1. The second-order valence-corrected chi connectivity index (χ2v) is 5.64. The first-order valence-corrected chi connectivity index (χ1v) is 7.36. The number of amides is 2. The first-order chi connectivity index (χ1) is 10.1. The van der Waals surface area contributed by atoms with E-state index in [-0.39, 0.29) is 24.0 Å². The third kappa shape index (κ3) is 3.26. The van der Waals surface area contributed by atoms with Crippen molar-refractivity contribution in [2.45, 2.75) is 31.5 Å². The molecule has 2 saturated heterocycles. The molecule has 1 unspecified atom stereocenters. The van der Waals surface area contributed by atoms with Crippen molar-refractivity contribution in [3.63, 3.8) is 0 Å². The molecule has 0 bridgehead atoms. The van der Waals surface area contributed by atoms with Crippen LogP contribution in [0.1, 0.15) is 29.9 Å². The number of ether oxygens (including phenoxy) is 2. The van der Waals surface area contributed by atoms with Gasteiger partial charge in [0.2, 0.25) is 11.8 Å². The van der Waals surface area contributed by atoms with Crippen LogP contribution in [0.3, 0.4) is 0 Å². The first kappa shape index (κ1) is 14.5. The van der Waals surface area contributed by atoms with Crippen LogP contribution >= 0.6 is 11.6 Å². The van der Waals surface area contributed by atoms with Crippen LogP contribution in [0, 0.1) is 0 Å². The smallest absolute Gasteiger partial charge is 0.234 e. The van der Waals surface area contributed by atoms with Gasteiger partial charge in [-0.15, -0.1) is 0 Å². The molecule has 1 N–H and O–H groups in total. The zero-order chi connectivity index (χ0) is 14.8. The number of imide groups is 1. The summed E-state index contributed by atoms with van der Waals surface area (Å²) in [4.78, 5) is 23.1. The van der Waals surface area contributed by atoms with E-state index in [4.69, 9.17) is 21.1 Å². The van der Waals surface area contributed by atoms with Crippen LogP contribution in [-0.4, -0.2) is 31.3 Å². The third-order valence-corrected chi connectivity index (χ3v) is 4.10. The van der Waals surface area contributed by atoms with Gasteiger partial charge in [0, 0.05) is 17.9 Å². The Morgan fingerprint density at radius 3 is 2.67 bits per heavy atom. The minimum atomic E-state index is -0.358. The van der Waals surface area contributed by atoms with Crippen molar-refractivity contribution in [1.82, 2.24) is 5.32 Å². The molecule has 1 aromatic rings. The molecule has 1 atom stereocenters. The molecule has 2 aliphatic rings. The lowest BCUT2D eigenvalue weighted by atomic mass is 9.89. The fourth-order valence-corrected chi connectivity index (χ4v) is 3.02. The highest BCUT2D eigenvalue weighted by molar-refractivity contribution is 6.31. The van der Waals surface area contributed by atoms with Crippen molar-refractivity contribution in [2.24, 2.45) is 0 Å². The highest BCUT2D eigenvalue weighted by Crippen LogP contribution is 2.31. The topological polar surface area (TPSA) is 64.6 Å². The molecule has 2 amide bonds. The number of hydrogen-bond donors (Lipinski definition) is 1. The first-order valence-electron chi connectivity index (χ1n) is 6.98. The van der Waals surface area contributed by atoms with E-state index in [1.165, 1.54) is 0 Å². The lowest BCUT2D eigenvalue weighted by Gasteiger charge is -2.22. The summed E-state index contributed by atoms with van der Waals surface area (Å²) < 4.78 is 10.8. The van der Waals surface area contributed by atoms with E-state index in [0.717, 1.165) is 11.1 Å². The van der Waals surface area contributed by atoms with Crippen molar-refractivity contribution in [2.75, 3.05) is 13.2 Å². The number of carbonyl (C=O) groups is 2. The van der Waals surface area contributed by atoms with Crippen LogP contribution in [-0.2, 0) is 25.5 Å². The fraction of sp³-hybridized carbons (Fsp3) is 0.467. The highest BCUT2D eigenvalue weighted by Gasteiger charge is 2.29. The van der Waals surface area contributed by atoms with E-state index in [0.29, 0.717) is 37.5 Å². The minimum absolute atomic E-state index is 0.220. The van der Waals surface area contributed by atoms with Crippen LogP contribution in [0.5, 0.6) is 0 Å². The summed E-state index contributed by atoms with van der Waals surface area (Å²) in [6.07, 6.45) is 1.26. The van der Waals surface area contributed by atoms with E-state index in [1.807, 2.05) is 18.2 Å². The number of rotatable bonds is 3. The third-order valence-electron chi connectivity index (χ3n) is 3.77. The molecule has 2 heterocycles. The lowest BCUT2D eigenvalue weighted by Crippen LogP contribution is -2.39. The van der Waals surface area contributed by atoms with Crippen molar-refractivity contribution >= 4 is 23.4 Å². The molecular weight excluding hydrogens is 294 g/mol. The predicted octanol–water partition coefficient (Wildman–Crippen LogP) is 1.78. The number of carbonyl (C=O) groups excluding carboxylic acids is 2. The maximum atomic E-state index is 11.9. The summed E-state index contributed by atoms with van der Waals surface area (Å²) in [6.45, 7) is 1.24. The van der Waals surface area contributed by atoms with Crippen molar-refractivity contribution in [3.05, 3.63) is 34.3 Å². The standard InChI is InChI=1S/C15H16ClNO4/c16-12-7-9(8-14-20-5-6-21-14)1-2-10(12)11-3-4-13(18)17-15(11)19/h1-2,7,11,14H,3-6,8H2,(H,17,18,19). The molecule has 0 saturated carbocycles. The van der Waals surface area contributed by atoms with Crippen molar-refractivity contribution in [1.29, 1.82) is 0 Å². The predicted molar refractivity (Wildman–Crippen MR) is 76.0 cm³/mol. The summed E-state index contributed by atoms with van der Waals surface area (Å²) in [5.41, 5.74) is 1.77. The van der Waals surface area contributed by atoms with Crippen molar-refractivity contribution in [3.8, 4) is 0 Å². The van der Waals surface area contributed by atoms with Gasteiger partial charge in [-0.05, 0) is 23.6 Å². The lowest BCUT2D eigenvalue weighted by molar-refractivity contribution is -0.134. The van der Waals surface area contributed by atoms with Gasteiger partial charge in [-0.1, -0.05) is 23.7 Å². The maximum Gasteiger partial charge on any atom is 0.234 e. The van der Waals surface area contributed by atoms with Gasteiger partial charge in [0.25, 0.3) is 0 Å². The monoisotopic (exact) mass is 309 g/mol. The van der Waals surface area contributed by atoms with Gasteiger partial charge >= 0.3 is 0 Å². The molecule has 2 aliphatic heterocycles. The van der Waals surface area contributed by atoms with Gasteiger partial charge in [0.05, 0.1) is 19.1 Å². The Kier molecular flexibility index (Phi) is 4.24. The maximum absolute atomic E-state index is 11.9. The average Bonchev–Trinajstić information content (AvgIpc) is 2.93. The normalized spacial score (nSPS) is 23.4. The quantitative estimate of drug-likeness (QED) is 0.864. The zero-order valence-electron chi connectivity index (χ0n) is 11.4. The molecule has 21 heavy (non-hydrogen) atoms. The Balaban J connectivity index is 1.74. The molecule has 1 aromatic carbocycles. The van der Waals surface area contributed by atoms with Crippen LogP contribution < -0.4 is 5.32 Å². The molecule has 5 nitrogen and oxygen atoms in total. The molecule has 0 spiro atoms. The Morgan fingerprint density at radius 1 is 1.24 bits per heavy atom. The Morgan fingerprint density at radius 2 is 2.00 bits per heavy atom. The minimum Gasteiger partial charge on any atom is -0.350 e. The number of benzene rings is 1. The van der Waals surface area contributed by atoms with E-state index in [1.54, 1.807) is 0 Å². The fourth-order valence-electron chi connectivity index (χ4n) is 2.69. The van der Waals surface area contributed by atoms with Gasteiger partial charge in [-0.2, -0.15) is 0 Å². The van der Waals surface area contributed by atoms with Crippen LogP contribution in [0.25, 0.3) is 0 Å². The Bertz CT molecular complexity index is 569. The number of nitrogens with one attached hydrogen (secondary N) is 1. The molecule has 2 fully saturated rings. The molecule has 0 radical (unpaired) electrons. The van der Waals surface area contributed by atoms with Gasteiger partial charge in [0.15, 0.2) is 6.29 Å². The Labute approximate surface area is 127 Å². The van der Waals surface area contributed by atoms with Crippen LogP contribution in [0.4, 0.5) is 0 Å². The second-order valence-electron chi connectivity index (χ2n) is 5.23. The van der Waals surface area contributed by atoms with Gasteiger partial charge < -0.3 is 9.47 Å². The molecule has 6 heteroatoms. The van der Waals surface area contributed by atoms with Crippen LogP contribution in [0.15, 0.2) is 18.2 Å². The second kappa shape index (κ2) is 6.13. The highest BCUT2D eigenvalue weighted by atomic mass is 35.5. The van der Waals surface area contributed by atoms with E-state index >= 15 is 0 Å². The van der Waals surface area contributed by atoms with Gasteiger partial charge in [-0.3, -0.25) is 14.9 Å². The molecule has 112 valence electrons. The summed E-state index contributed by atoms with van der Waals surface area (Å²) in [5, 5.41) is 2.89. The van der Waals surface area contributed by atoms with E-state index < -0.39 is 0 Å². The van der Waals surface area contributed by atoms with E-state index in [9.17, 15) is 9.59 Å². The molecular formula is C15H16ClNO4.